The average molecular weight is 636 g/mol. The number of carbonyl (C=O) groups is 2. The number of piperazine rings is 1. The van der Waals surface area contributed by atoms with Crippen molar-refractivity contribution in [3.8, 4) is 5.88 Å². The molecule has 234 valence electrons. The molecule has 1 fully saturated rings. The summed E-state index contributed by atoms with van der Waals surface area (Å²) in [6, 6.07) is 3.37. The minimum atomic E-state index is -5.03. The predicted molar refractivity (Wildman–Crippen MR) is 145 cm³/mol. The van der Waals surface area contributed by atoms with Gasteiger partial charge in [0, 0.05) is 51.8 Å². The molecule has 3 aromatic rings. The maximum absolute atomic E-state index is 13.1. The molecule has 1 aliphatic heterocycles. The van der Waals surface area contributed by atoms with E-state index in [9.17, 15) is 35.9 Å². The number of methoxy groups -OCH3 is 1. The van der Waals surface area contributed by atoms with Gasteiger partial charge in [0.2, 0.25) is 12.2 Å². The van der Waals surface area contributed by atoms with E-state index < -0.39 is 35.2 Å². The van der Waals surface area contributed by atoms with Crippen molar-refractivity contribution in [3.63, 3.8) is 0 Å². The first kappa shape index (κ1) is 33.3. The van der Waals surface area contributed by atoms with Crippen LogP contribution in [0.3, 0.4) is 0 Å². The highest BCUT2D eigenvalue weighted by molar-refractivity contribution is 6.99. The van der Waals surface area contributed by atoms with Crippen molar-refractivity contribution in [1.82, 2.24) is 18.6 Å². The molecule has 18 heteroatoms. The Hall–Kier alpha value is -4.19. The Morgan fingerprint density at radius 1 is 1.02 bits per heavy atom. The largest absolute Gasteiger partial charge is 0.470 e. The van der Waals surface area contributed by atoms with Gasteiger partial charge in [-0.2, -0.15) is 30.7 Å². The van der Waals surface area contributed by atoms with Crippen molar-refractivity contribution < 1.29 is 45.4 Å². The predicted octanol–water partition coefficient (Wildman–Crippen LogP) is 5.12. The second-order valence-corrected chi connectivity index (χ2v) is 9.30. The van der Waals surface area contributed by atoms with Gasteiger partial charge in [0.25, 0.3) is 5.88 Å². The molecule has 1 aliphatic rings. The fraction of sp³-hybridized carbons (Fsp3) is 0.400. The number of hydrogen-bond acceptors (Lipinski definition) is 9. The third-order valence-corrected chi connectivity index (χ3v) is 6.35. The van der Waals surface area contributed by atoms with E-state index in [0.717, 1.165) is 18.3 Å². The van der Waals surface area contributed by atoms with E-state index in [1.165, 1.54) is 11.1 Å². The molecule has 2 aromatic heterocycles. The lowest BCUT2D eigenvalue weighted by Crippen LogP contribution is -2.50. The summed E-state index contributed by atoms with van der Waals surface area (Å²) in [4.78, 5) is 30.3. The quantitative estimate of drug-likeness (QED) is 0.258. The third-order valence-electron chi connectivity index (χ3n) is 5.84. The number of carbonyl (C=O) groups excluding carboxylic acids is 2. The number of urea groups is 1. The molecule has 0 bridgehead atoms. The molecule has 1 aromatic carbocycles. The zero-order chi connectivity index (χ0) is 31.6. The second-order valence-electron chi connectivity index (χ2n) is 8.77. The van der Waals surface area contributed by atoms with Gasteiger partial charge in [0.15, 0.2) is 0 Å². The summed E-state index contributed by atoms with van der Waals surface area (Å²) in [6.45, 7) is 3.62. The van der Waals surface area contributed by atoms with E-state index in [-0.39, 0.29) is 44.7 Å². The van der Waals surface area contributed by atoms with E-state index in [4.69, 9.17) is 4.74 Å². The average Bonchev–Trinajstić information content (AvgIpc) is 3.44. The van der Waals surface area contributed by atoms with E-state index >= 15 is 0 Å². The number of nitrogens with one attached hydrogen (secondary N) is 2. The summed E-state index contributed by atoms with van der Waals surface area (Å²) >= 11 is 0.907. The van der Waals surface area contributed by atoms with Crippen molar-refractivity contribution in [2.24, 2.45) is 0 Å². The molecular formula is C25H27F6N7O4S. The van der Waals surface area contributed by atoms with E-state index in [1.807, 2.05) is 6.92 Å². The molecule has 4 rings (SSSR count). The minimum Gasteiger partial charge on any atom is -0.470 e. The van der Waals surface area contributed by atoms with Gasteiger partial charge in [-0.15, -0.1) is 4.37 Å². The number of halogens is 6. The van der Waals surface area contributed by atoms with Crippen LogP contribution in [-0.4, -0.2) is 71.0 Å². The Morgan fingerprint density at radius 2 is 1.65 bits per heavy atom. The van der Waals surface area contributed by atoms with Crippen molar-refractivity contribution in [2.45, 2.75) is 25.9 Å². The molecule has 11 nitrogen and oxygen atoms in total. The number of benzene rings is 1. The monoisotopic (exact) mass is 635 g/mol. The molecule has 0 radical (unpaired) electrons. The first-order chi connectivity index (χ1) is 20.3. The van der Waals surface area contributed by atoms with Crippen LogP contribution in [-0.2, 0) is 28.5 Å². The van der Waals surface area contributed by atoms with Gasteiger partial charge < -0.3 is 29.9 Å². The van der Waals surface area contributed by atoms with Gasteiger partial charge in [-0.05, 0) is 42.8 Å². The van der Waals surface area contributed by atoms with Gasteiger partial charge in [-0.3, -0.25) is 4.79 Å². The normalized spacial score (nSPS) is 13.6. The lowest BCUT2D eigenvalue weighted by Gasteiger charge is -2.34. The molecule has 3 heterocycles. The summed E-state index contributed by atoms with van der Waals surface area (Å²) < 4.78 is 97.3. The van der Waals surface area contributed by atoms with E-state index in [1.54, 1.807) is 24.1 Å². The molecule has 1 saturated heterocycles. The second kappa shape index (κ2) is 14.8. The number of rotatable bonds is 8. The van der Waals surface area contributed by atoms with Crippen molar-refractivity contribution in [1.29, 1.82) is 0 Å². The molecule has 0 unspecified atom stereocenters. The van der Waals surface area contributed by atoms with Crippen LogP contribution >= 0.6 is 11.7 Å². The van der Waals surface area contributed by atoms with Gasteiger partial charge in [-0.25, -0.2) is 9.78 Å². The molecule has 3 amide bonds. The Balaban J connectivity index is 0.00000119. The molecule has 43 heavy (non-hydrogen) atoms. The Morgan fingerprint density at radius 3 is 2.21 bits per heavy atom. The number of nitrogens with zero attached hydrogens (tertiary/aromatic N) is 5. The number of pyridine rings is 1. The van der Waals surface area contributed by atoms with Crippen LogP contribution in [0.25, 0.3) is 0 Å². The summed E-state index contributed by atoms with van der Waals surface area (Å²) in [7, 11) is 1.68. The fourth-order valence-corrected chi connectivity index (χ4v) is 4.19. The van der Waals surface area contributed by atoms with Crippen LogP contribution in [0.1, 0.15) is 23.6 Å². The van der Waals surface area contributed by atoms with Gasteiger partial charge >= 0.3 is 18.4 Å². The number of ether oxygens (including phenoxy) is 2. The molecule has 2 N–H and O–H groups in total. The van der Waals surface area contributed by atoms with Crippen LogP contribution < -0.4 is 20.3 Å². The molecule has 0 spiro atoms. The summed E-state index contributed by atoms with van der Waals surface area (Å²) in [5.74, 6) is 1.01. The SMILES string of the molecule is CCOC.O=CNc1cc(COc2nsnc2N2CCN(C(=O)Nc3cc(C(F)(F)F)cc(C(F)(F)F)c3)CC2)ccn1. The van der Waals surface area contributed by atoms with Crippen LogP contribution in [0.5, 0.6) is 5.88 Å². The highest BCUT2D eigenvalue weighted by Crippen LogP contribution is 2.37. The molecular weight excluding hydrogens is 608 g/mol. The lowest BCUT2D eigenvalue weighted by atomic mass is 10.1. The van der Waals surface area contributed by atoms with Crippen LogP contribution in [0.15, 0.2) is 36.5 Å². The molecule has 0 saturated carbocycles. The highest BCUT2D eigenvalue weighted by Gasteiger charge is 2.37. The van der Waals surface area contributed by atoms with Crippen LogP contribution in [0.4, 0.5) is 48.5 Å². The zero-order valence-electron chi connectivity index (χ0n) is 22.8. The zero-order valence-corrected chi connectivity index (χ0v) is 23.6. The fourth-order valence-electron chi connectivity index (χ4n) is 3.67. The van der Waals surface area contributed by atoms with E-state index in [2.05, 4.69) is 29.1 Å². The van der Waals surface area contributed by atoms with Gasteiger partial charge in [0.1, 0.15) is 12.4 Å². The van der Waals surface area contributed by atoms with Gasteiger partial charge in [-0.1, -0.05) is 0 Å². The van der Waals surface area contributed by atoms with Crippen molar-refractivity contribution >= 4 is 41.5 Å². The molecule has 0 aliphatic carbocycles. The summed E-state index contributed by atoms with van der Waals surface area (Å²) in [5.41, 5.74) is -2.96. The Kier molecular flexibility index (Phi) is 11.5. The number of alkyl halides is 6. The number of anilines is 3. The first-order valence-corrected chi connectivity index (χ1v) is 13.3. The first-order valence-electron chi connectivity index (χ1n) is 12.6. The molecule has 0 atom stereocenters. The summed E-state index contributed by atoms with van der Waals surface area (Å²) in [5, 5.41) is 4.57. The number of amides is 3. The number of hydrogen-bond donors (Lipinski definition) is 2. The smallest absolute Gasteiger partial charge is 0.416 e. The van der Waals surface area contributed by atoms with Crippen LogP contribution in [0, 0.1) is 0 Å². The maximum Gasteiger partial charge on any atom is 0.416 e. The van der Waals surface area contributed by atoms with Gasteiger partial charge in [0.05, 0.1) is 22.9 Å². The standard InChI is InChI=1S/C22H19F6N7O3S.C3H8O/c23-21(24,25)14-8-15(22(26,27)28)10-16(9-14)31-20(37)35-5-3-34(4-6-35)18-19(33-39-32-18)38-11-13-1-2-29-17(7-13)30-12-36;1-3-4-2/h1-2,7-10,12H,3-6,11H2,(H,31,37)(H,29,30,36);3H2,1-2H3. The lowest BCUT2D eigenvalue weighted by molar-refractivity contribution is -0.143. The Labute approximate surface area is 246 Å². The number of aromatic nitrogens is 3. The topological polar surface area (TPSA) is 122 Å². The third kappa shape index (κ3) is 9.67. The minimum absolute atomic E-state index is 0.00827. The van der Waals surface area contributed by atoms with Crippen LogP contribution in [0.2, 0.25) is 0 Å². The van der Waals surface area contributed by atoms with Crippen molar-refractivity contribution in [3.05, 3.63) is 53.2 Å². The highest BCUT2D eigenvalue weighted by atomic mass is 32.1. The summed E-state index contributed by atoms with van der Waals surface area (Å²) in [6.07, 6.45) is -8.06. The Bertz CT molecular complexity index is 1330. The van der Waals surface area contributed by atoms with Crippen molar-refractivity contribution in [2.75, 3.05) is 55.4 Å². The van der Waals surface area contributed by atoms with E-state index in [0.29, 0.717) is 35.7 Å². The maximum atomic E-state index is 13.1.